The Balaban J connectivity index is 1.69. The Hall–Kier alpha value is -2.47. The molecule has 1 aromatic carbocycles. The number of carbonyl (C=O) groups excluding carboxylic acids is 1. The van der Waals surface area contributed by atoms with Crippen molar-refractivity contribution in [2.45, 2.75) is 45.3 Å². The minimum absolute atomic E-state index is 0.241. The molecule has 0 radical (unpaired) electrons. The summed E-state index contributed by atoms with van der Waals surface area (Å²) < 4.78 is 5.19. The molecule has 1 aromatic heterocycles. The number of fused-ring (bicyclic) bond motifs is 1. The standard InChI is InChI=1S/C20H25N3O3/c1-13(2)19-21-11-15-7-8-23(12-17(15)22-19)20(25)18(24)10-14-5-4-6-16(9-14)26-3/h4-6,9,11,13,18,24H,7-8,10,12H2,1-3H3. The lowest BCUT2D eigenvalue weighted by Crippen LogP contribution is -2.43. The summed E-state index contributed by atoms with van der Waals surface area (Å²) >= 11 is 0. The number of nitrogens with zero attached hydrogens (tertiary/aromatic N) is 3. The maximum atomic E-state index is 12.7. The summed E-state index contributed by atoms with van der Waals surface area (Å²) in [7, 11) is 1.60. The Bertz CT molecular complexity index is 792. The smallest absolute Gasteiger partial charge is 0.252 e. The number of aromatic nitrogens is 2. The zero-order valence-electron chi connectivity index (χ0n) is 15.5. The summed E-state index contributed by atoms with van der Waals surface area (Å²) in [5.41, 5.74) is 2.84. The third-order valence-electron chi connectivity index (χ3n) is 4.64. The first-order chi connectivity index (χ1) is 12.5. The number of methoxy groups -OCH3 is 1. The number of hydrogen-bond donors (Lipinski definition) is 1. The highest BCUT2D eigenvalue weighted by atomic mass is 16.5. The molecular weight excluding hydrogens is 330 g/mol. The van der Waals surface area contributed by atoms with Gasteiger partial charge in [-0.1, -0.05) is 26.0 Å². The van der Waals surface area contributed by atoms with Crippen LogP contribution in [0.4, 0.5) is 0 Å². The van der Waals surface area contributed by atoms with Crippen molar-refractivity contribution in [3.05, 3.63) is 53.1 Å². The molecule has 0 fully saturated rings. The van der Waals surface area contributed by atoms with E-state index in [0.29, 0.717) is 25.3 Å². The number of rotatable bonds is 5. The number of carbonyl (C=O) groups is 1. The van der Waals surface area contributed by atoms with Crippen LogP contribution in [0.1, 0.15) is 42.4 Å². The van der Waals surface area contributed by atoms with E-state index in [-0.39, 0.29) is 18.2 Å². The van der Waals surface area contributed by atoms with Crippen LogP contribution in [0.25, 0.3) is 0 Å². The average molecular weight is 355 g/mol. The van der Waals surface area contributed by atoms with Crippen molar-refractivity contribution in [2.75, 3.05) is 13.7 Å². The van der Waals surface area contributed by atoms with Gasteiger partial charge in [-0.25, -0.2) is 9.97 Å². The summed E-state index contributed by atoms with van der Waals surface area (Å²) in [4.78, 5) is 23.4. The van der Waals surface area contributed by atoms with E-state index < -0.39 is 6.10 Å². The predicted octanol–water partition coefficient (Wildman–Crippen LogP) is 2.10. The molecule has 1 aliphatic heterocycles. The highest BCUT2D eigenvalue weighted by Gasteiger charge is 2.27. The Kier molecular flexibility index (Phi) is 5.52. The van der Waals surface area contributed by atoms with Crippen LogP contribution in [0.3, 0.4) is 0 Å². The van der Waals surface area contributed by atoms with Crippen molar-refractivity contribution in [1.82, 2.24) is 14.9 Å². The fourth-order valence-electron chi connectivity index (χ4n) is 3.11. The predicted molar refractivity (Wildman–Crippen MR) is 97.9 cm³/mol. The van der Waals surface area contributed by atoms with Crippen molar-refractivity contribution in [2.24, 2.45) is 0 Å². The van der Waals surface area contributed by atoms with Gasteiger partial charge >= 0.3 is 0 Å². The lowest BCUT2D eigenvalue weighted by molar-refractivity contribution is -0.141. The van der Waals surface area contributed by atoms with Crippen LogP contribution in [0.5, 0.6) is 5.75 Å². The van der Waals surface area contributed by atoms with Crippen LogP contribution < -0.4 is 4.74 Å². The number of amides is 1. The van der Waals surface area contributed by atoms with E-state index in [2.05, 4.69) is 9.97 Å². The number of aliphatic hydroxyl groups excluding tert-OH is 1. The molecule has 0 saturated heterocycles. The molecule has 3 rings (SSSR count). The zero-order valence-corrected chi connectivity index (χ0v) is 15.5. The van der Waals surface area contributed by atoms with E-state index in [4.69, 9.17) is 4.74 Å². The molecule has 0 bridgehead atoms. The van der Waals surface area contributed by atoms with Gasteiger partial charge in [-0.2, -0.15) is 0 Å². The fourth-order valence-corrected chi connectivity index (χ4v) is 3.11. The molecule has 138 valence electrons. The molecular formula is C20H25N3O3. The van der Waals surface area contributed by atoms with E-state index in [1.807, 2.05) is 44.3 Å². The first-order valence-electron chi connectivity index (χ1n) is 8.92. The van der Waals surface area contributed by atoms with Crippen LogP contribution in [-0.2, 0) is 24.2 Å². The molecule has 6 nitrogen and oxygen atoms in total. The molecule has 0 aliphatic carbocycles. The van der Waals surface area contributed by atoms with Crippen molar-refractivity contribution in [3.8, 4) is 5.75 Å². The quantitative estimate of drug-likeness (QED) is 0.889. The molecule has 1 N–H and O–H groups in total. The lowest BCUT2D eigenvalue weighted by Gasteiger charge is -2.30. The van der Waals surface area contributed by atoms with Crippen LogP contribution in [-0.4, -0.2) is 45.6 Å². The second kappa shape index (κ2) is 7.83. The Morgan fingerprint density at radius 3 is 2.92 bits per heavy atom. The zero-order chi connectivity index (χ0) is 18.7. The van der Waals surface area contributed by atoms with Gasteiger partial charge in [0.05, 0.1) is 19.3 Å². The molecule has 1 atom stereocenters. The molecule has 0 saturated carbocycles. The number of ether oxygens (including phenoxy) is 1. The second-order valence-electron chi connectivity index (χ2n) is 6.94. The summed E-state index contributed by atoms with van der Waals surface area (Å²) in [5.74, 6) is 1.48. The number of hydrogen-bond acceptors (Lipinski definition) is 5. The first kappa shape index (κ1) is 18.3. The van der Waals surface area contributed by atoms with Gasteiger partial charge in [0, 0.05) is 25.1 Å². The molecule has 1 aliphatic rings. The van der Waals surface area contributed by atoms with Gasteiger partial charge in [0.1, 0.15) is 17.7 Å². The second-order valence-corrected chi connectivity index (χ2v) is 6.94. The van der Waals surface area contributed by atoms with Crippen LogP contribution in [0.2, 0.25) is 0 Å². The minimum Gasteiger partial charge on any atom is -0.497 e. The van der Waals surface area contributed by atoms with Gasteiger partial charge < -0.3 is 14.7 Å². The average Bonchev–Trinajstić information content (AvgIpc) is 2.66. The summed E-state index contributed by atoms with van der Waals surface area (Å²) in [6.07, 6.45) is 1.77. The van der Waals surface area contributed by atoms with Gasteiger partial charge in [0.2, 0.25) is 0 Å². The molecule has 0 spiro atoms. The minimum atomic E-state index is -1.07. The molecule has 6 heteroatoms. The van der Waals surface area contributed by atoms with Gasteiger partial charge in [0.15, 0.2) is 0 Å². The largest absolute Gasteiger partial charge is 0.497 e. The van der Waals surface area contributed by atoms with Crippen LogP contribution in [0, 0.1) is 0 Å². The van der Waals surface area contributed by atoms with Crippen molar-refractivity contribution in [1.29, 1.82) is 0 Å². The topological polar surface area (TPSA) is 75.6 Å². The Labute approximate surface area is 153 Å². The van der Waals surface area contributed by atoms with E-state index in [0.717, 1.165) is 22.6 Å². The maximum Gasteiger partial charge on any atom is 0.252 e. The SMILES string of the molecule is COc1cccc(CC(O)C(=O)N2CCc3cnc(C(C)C)nc3C2)c1. The monoisotopic (exact) mass is 355 g/mol. The summed E-state index contributed by atoms with van der Waals surface area (Å²) in [5, 5.41) is 10.4. The van der Waals surface area contributed by atoms with Crippen molar-refractivity contribution < 1.29 is 14.6 Å². The van der Waals surface area contributed by atoms with E-state index in [9.17, 15) is 9.90 Å². The van der Waals surface area contributed by atoms with Crippen molar-refractivity contribution in [3.63, 3.8) is 0 Å². The van der Waals surface area contributed by atoms with Crippen molar-refractivity contribution >= 4 is 5.91 Å². The van der Waals surface area contributed by atoms with E-state index >= 15 is 0 Å². The number of aliphatic hydroxyl groups is 1. The molecule has 1 unspecified atom stereocenters. The van der Waals surface area contributed by atoms with Crippen LogP contribution in [0.15, 0.2) is 30.5 Å². The van der Waals surface area contributed by atoms with Crippen LogP contribution >= 0.6 is 0 Å². The third kappa shape index (κ3) is 4.02. The van der Waals surface area contributed by atoms with Gasteiger partial charge in [-0.05, 0) is 29.7 Å². The summed E-state index contributed by atoms with van der Waals surface area (Å²) in [6.45, 7) is 5.09. The van der Waals surface area contributed by atoms with Gasteiger partial charge in [-0.15, -0.1) is 0 Å². The molecule has 1 amide bonds. The molecule has 2 aromatic rings. The van der Waals surface area contributed by atoms with Gasteiger partial charge in [0.25, 0.3) is 5.91 Å². The highest BCUT2D eigenvalue weighted by molar-refractivity contribution is 5.81. The lowest BCUT2D eigenvalue weighted by atomic mass is 10.0. The molecule has 26 heavy (non-hydrogen) atoms. The fraction of sp³-hybridized carbons (Fsp3) is 0.450. The van der Waals surface area contributed by atoms with E-state index in [1.165, 1.54) is 0 Å². The Morgan fingerprint density at radius 2 is 2.19 bits per heavy atom. The highest BCUT2D eigenvalue weighted by Crippen LogP contribution is 2.20. The Morgan fingerprint density at radius 1 is 1.38 bits per heavy atom. The number of benzene rings is 1. The summed E-state index contributed by atoms with van der Waals surface area (Å²) in [6, 6.07) is 7.41. The first-order valence-corrected chi connectivity index (χ1v) is 8.92. The maximum absolute atomic E-state index is 12.7. The normalized spacial score (nSPS) is 14.9. The molecule has 2 heterocycles. The third-order valence-corrected chi connectivity index (χ3v) is 4.64. The van der Waals surface area contributed by atoms with E-state index in [1.54, 1.807) is 12.0 Å². The van der Waals surface area contributed by atoms with Gasteiger partial charge in [-0.3, -0.25) is 4.79 Å².